The van der Waals surface area contributed by atoms with Gasteiger partial charge in [-0.1, -0.05) is 6.92 Å². The van der Waals surface area contributed by atoms with Gasteiger partial charge in [-0.15, -0.1) is 24.2 Å². The summed E-state index contributed by atoms with van der Waals surface area (Å²) in [4.78, 5) is 25.1. The van der Waals surface area contributed by atoms with Crippen molar-refractivity contribution in [1.82, 2.24) is 10.2 Å². The fraction of sp³-hybridized carbons (Fsp3) is 0.818. The summed E-state index contributed by atoms with van der Waals surface area (Å²) < 4.78 is 25.9. The predicted octanol–water partition coefficient (Wildman–Crippen LogP) is 0.820. The fourth-order valence-electron chi connectivity index (χ4n) is 1.67. The lowest BCUT2D eigenvalue weighted by Gasteiger charge is -2.24. The third-order valence-corrected chi connectivity index (χ3v) is 3.80. The first-order valence-electron chi connectivity index (χ1n) is 6.14. The average Bonchev–Trinajstić information content (AvgIpc) is 2.85. The number of carbonyl (C=O) groups is 2. The summed E-state index contributed by atoms with van der Waals surface area (Å²) in [6.07, 6.45) is 1.06. The lowest BCUT2D eigenvalue weighted by molar-refractivity contribution is -0.138. The average molecular weight is 332 g/mol. The smallest absolute Gasteiger partial charge is 0.277 e. The molecule has 5 nitrogen and oxygen atoms in total. The Balaban J connectivity index is 0.00000361. The molecule has 0 aliphatic carbocycles. The van der Waals surface area contributed by atoms with Crippen LogP contribution < -0.4 is 11.1 Å². The van der Waals surface area contributed by atoms with Gasteiger partial charge in [0.2, 0.25) is 11.8 Å². The largest absolute Gasteiger partial charge is 0.348 e. The van der Waals surface area contributed by atoms with E-state index in [0.717, 1.165) is 0 Å². The molecule has 1 saturated heterocycles. The normalized spacial score (nSPS) is 18.6. The van der Waals surface area contributed by atoms with Gasteiger partial charge in [0.05, 0.1) is 19.0 Å². The highest BCUT2D eigenvalue weighted by molar-refractivity contribution is 7.99. The van der Waals surface area contributed by atoms with Crippen LogP contribution in [0.3, 0.4) is 0 Å². The van der Waals surface area contributed by atoms with Gasteiger partial charge in [0, 0.05) is 12.2 Å². The maximum atomic E-state index is 13.0. The van der Waals surface area contributed by atoms with Crippen LogP contribution in [0.4, 0.5) is 8.78 Å². The van der Waals surface area contributed by atoms with Crippen LogP contribution in [0.1, 0.15) is 19.8 Å². The zero-order valence-electron chi connectivity index (χ0n) is 11.2. The molecule has 0 spiro atoms. The number of hydrogen-bond donors (Lipinski definition) is 2. The summed E-state index contributed by atoms with van der Waals surface area (Å²) in [6, 6.07) is -0.655. The Labute approximate surface area is 127 Å². The summed E-state index contributed by atoms with van der Waals surface area (Å²) in [7, 11) is 0. The van der Waals surface area contributed by atoms with E-state index in [2.05, 4.69) is 5.32 Å². The van der Waals surface area contributed by atoms with Crippen LogP contribution in [0.25, 0.3) is 0 Å². The lowest BCUT2D eigenvalue weighted by Crippen LogP contribution is -2.50. The van der Waals surface area contributed by atoms with E-state index in [1.165, 1.54) is 16.7 Å². The summed E-state index contributed by atoms with van der Waals surface area (Å²) >= 11 is 1.44. The van der Waals surface area contributed by atoms with Gasteiger partial charge in [-0.05, 0) is 6.42 Å². The molecule has 1 heterocycles. The van der Waals surface area contributed by atoms with E-state index in [-0.39, 0.29) is 18.3 Å². The first-order valence-corrected chi connectivity index (χ1v) is 7.29. The van der Waals surface area contributed by atoms with E-state index in [1.807, 2.05) is 6.92 Å². The van der Waals surface area contributed by atoms with Crippen LogP contribution in [0, 0.1) is 0 Å². The third kappa shape index (κ3) is 5.41. The molecule has 0 radical (unpaired) electrons. The Kier molecular flexibility index (Phi) is 8.38. The van der Waals surface area contributed by atoms with Crippen LogP contribution in [-0.4, -0.2) is 53.4 Å². The van der Waals surface area contributed by atoms with E-state index in [9.17, 15) is 18.4 Å². The predicted molar refractivity (Wildman–Crippen MR) is 77.1 cm³/mol. The van der Waals surface area contributed by atoms with E-state index < -0.39 is 31.0 Å². The molecule has 0 aromatic rings. The van der Waals surface area contributed by atoms with Crippen LogP contribution in [0.2, 0.25) is 0 Å². The molecule has 0 aromatic heterocycles. The third-order valence-electron chi connectivity index (χ3n) is 2.79. The van der Waals surface area contributed by atoms with E-state index in [4.69, 9.17) is 5.73 Å². The number of carbonyl (C=O) groups excluding carboxylic acids is 2. The highest BCUT2D eigenvalue weighted by Gasteiger charge is 2.35. The van der Waals surface area contributed by atoms with Gasteiger partial charge >= 0.3 is 0 Å². The number of nitrogens with two attached hydrogens (primary N) is 1. The summed E-state index contributed by atoms with van der Waals surface area (Å²) in [5, 5.41) is 2.17. The van der Waals surface area contributed by atoms with Crippen molar-refractivity contribution in [2.75, 3.05) is 24.7 Å². The van der Waals surface area contributed by atoms with Crippen molar-refractivity contribution < 1.29 is 18.4 Å². The van der Waals surface area contributed by atoms with Crippen molar-refractivity contribution in [3.05, 3.63) is 0 Å². The Morgan fingerprint density at radius 2 is 2.15 bits per heavy atom. The highest BCUT2D eigenvalue weighted by atomic mass is 35.5. The monoisotopic (exact) mass is 331 g/mol. The molecule has 2 amide bonds. The van der Waals surface area contributed by atoms with E-state index in [0.29, 0.717) is 24.5 Å². The second-order valence-corrected chi connectivity index (χ2v) is 5.41. The van der Waals surface area contributed by atoms with E-state index >= 15 is 0 Å². The van der Waals surface area contributed by atoms with Crippen molar-refractivity contribution in [3.63, 3.8) is 0 Å². The Morgan fingerprint density at radius 1 is 1.50 bits per heavy atom. The zero-order valence-corrected chi connectivity index (χ0v) is 12.9. The molecule has 1 rings (SSSR count). The summed E-state index contributed by atoms with van der Waals surface area (Å²) in [5.41, 5.74) is 4.89. The van der Waals surface area contributed by atoms with Gasteiger partial charge in [0.25, 0.3) is 5.92 Å². The van der Waals surface area contributed by atoms with Crippen molar-refractivity contribution in [1.29, 1.82) is 0 Å². The Morgan fingerprint density at radius 3 is 2.70 bits per heavy atom. The van der Waals surface area contributed by atoms with Crippen molar-refractivity contribution in [2.45, 2.75) is 31.7 Å². The number of alkyl halides is 2. The molecule has 0 bridgehead atoms. The van der Waals surface area contributed by atoms with Gasteiger partial charge in [-0.25, -0.2) is 8.78 Å². The molecule has 1 unspecified atom stereocenters. The molecule has 3 N–H and O–H groups in total. The fourth-order valence-corrected chi connectivity index (χ4v) is 2.85. The molecule has 118 valence electrons. The van der Waals surface area contributed by atoms with Crippen LogP contribution in [0.15, 0.2) is 0 Å². The molecule has 1 fully saturated rings. The van der Waals surface area contributed by atoms with Crippen molar-refractivity contribution in [3.8, 4) is 0 Å². The minimum atomic E-state index is -3.11. The first kappa shape index (κ1) is 19.4. The second kappa shape index (κ2) is 8.63. The molecule has 9 heteroatoms. The molecular formula is C11H20ClF2N3O2S. The van der Waals surface area contributed by atoms with Crippen LogP contribution in [-0.2, 0) is 9.59 Å². The minimum Gasteiger partial charge on any atom is -0.348 e. The Hall–Kier alpha value is -0.600. The first-order chi connectivity index (χ1) is 8.91. The van der Waals surface area contributed by atoms with Gasteiger partial charge in [-0.3, -0.25) is 9.59 Å². The number of nitrogens with one attached hydrogen (secondary N) is 1. The number of hydrogen-bond acceptors (Lipinski definition) is 4. The quantitative estimate of drug-likeness (QED) is 0.755. The van der Waals surface area contributed by atoms with Crippen LogP contribution in [0.5, 0.6) is 0 Å². The van der Waals surface area contributed by atoms with Gasteiger partial charge in [0.1, 0.15) is 6.04 Å². The number of halogens is 3. The van der Waals surface area contributed by atoms with Crippen LogP contribution >= 0.6 is 24.2 Å². The standard InChI is InChI=1S/C11H19F2N3O2S.ClH/c1-2-3-9(17)16-7-19-4-8(16)10(18)15-6-11(12,13)5-14;/h8H,2-7,14H2,1H3,(H,15,18);1H. The van der Waals surface area contributed by atoms with Gasteiger partial charge in [0.15, 0.2) is 0 Å². The molecule has 0 saturated carbocycles. The SMILES string of the molecule is CCCC(=O)N1CSCC1C(=O)NCC(F)(F)CN.Cl. The summed E-state index contributed by atoms with van der Waals surface area (Å²) in [5.74, 6) is -2.89. The second-order valence-electron chi connectivity index (χ2n) is 4.41. The Bertz CT molecular complexity index is 348. The van der Waals surface area contributed by atoms with Gasteiger partial charge in [-0.2, -0.15) is 0 Å². The van der Waals surface area contributed by atoms with Gasteiger partial charge < -0.3 is 16.0 Å². The van der Waals surface area contributed by atoms with Crippen molar-refractivity contribution in [2.24, 2.45) is 5.73 Å². The van der Waals surface area contributed by atoms with Crippen molar-refractivity contribution >= 4 is 36.0 Å². The molecule has 0 aromatic carbocycles. The lowest BCUT2D eigenvalue weighted by atomic mass is 10.2. The zero-order chi connectivity index (χ0) is 14.5. The molecule has 20 heavy (non-hydrogen) atoms. The maximum absolute atomic E-state index is 13.0. The minimum absolute atomic E-state index is 0. The molecule has 1 atom stereocenters. The number of rotatable bonds is 6. The topological polar surface area (TPSA) is 75.4 Å². The van der Waals surface area contributed by atoms with E-state index in [1.54, 1.807) is 0 Å². The maximum Gasteiger partial charge on any atom is 0.277 e. The summed E-state index contributed by atoms with van der Waals surface area (Å²) in [6.45, 7) is 0.266. The number of thioether (sulfide) groups is 1. The highest BCUT2D eigenvalue weighted by Crippen LogP contribution is 2.22. The number of amides is 2. The molecule has 1 aliphatic rings. The number of nitrogens with zero attached hydrogens (tertiary/aromatic N) is 1. The molecule has 1 aliphatic heterocycles. The molecular weight excluding hydrogens is 312 g/mol.